The molecule has 1 aromatic rings. The highest BCUT2D eigenvalue weighted by molar-refractivity contribution is 5.81. The fourth-order valence-electron chi connectivity index (χ4n) is 1.71. The van der Waals surface area contributed by atoms with Gasteiger partial charge in [-0.2, -0.15) is 0 Å². The summed E-state index contributed by atoms with van der Waals surface area (Å²) in [4.78, 5) is 11.8. The summed E-state index contributed by atoms with van der Waals surface area (Å²) in [5.74, 6) is 1.33. The first kappa shape index (κ1) is 16.3. The summed E-state index contributed by atoms with van der Waals surface area (Å²) in [7, 11) is 1.59. The van der Waals surface area contributed by atoms with Crippen molar-refractivity contribution in [2.24, 2.45) is 11.7 Å². The van der Waals surface area contributed by atoms with E-state index < -0.39 is 6.04 Å². The maximum Gasteiger partial charge on any atom is 0.237 e. The van der Waals surface area contributed by atoms with Crippen molar-refractivity contribution in [2.75, 3.05) is 13.7 Å². The van der Waals surface area contributed by atoms with Crippen molar-refractivity contribution in [2.45, 2.75) is 33.4 Å². The van der Waals surface area contributed by atoms with Gasteiger partial charge in [-0.25, -0.2) is 0 Å². The average molecular weight is 280 g/mol. The summed E-state index contributed by atoms with van der Waals surface area (Å²) in [6.07, 6.45) is 0. The lowest BCUT2D eigenvalue weighted by atomic mass is 10.0. The van der Waals surface area contributed by atoms with Gasteiger partial charge in [0, 0.05) is 6.54 Å². The second-order valence-corrected chi connectivity index (χ2v) is 4.91. The standard InChI is InChI=1S/C15H24N2O3/c1-5-20-12-7-6-11(8-13(12)19-4)9-17-15(18)14(16)10(2)3/h6-8,10,14H,5,9,16H2,1-4H3,(H,17,18)/t14-/m0/s1. The molecule has 1 rings (SSSR count). The zero-order valence-electron chi connectivity index (χ0n) is 12.6. The Kier molecular flexibility index (Phi) is 6.31. The summed E-state index contributed by atoms with van der Waals surface area (Å²) in [6, 6.07) is 5.10. The lowest BCUT2D eigenvalue weighted by molar-refractivity contribution is -0.123. The smallest absolute Gasteiger partial charge is 0.237 e. The van der Waals surface area contributed by atoms with E-state index in [0.717, 1.165) is 5.56 Å². The molecule has 0 bridgehead atoms. The molecule has 1 atom stereocenters. The zero-order valence-corrected chi connectivity index (χ0v) is 12.6. The van der Waals surface area contributed by atoms with Crippen molar-refractivity contribution < 1.29 is 14.3 Å². The largest absolute Gasteiger partial charge is 0.493 e. The molecule has 0 aliphatic carbocycles. The van der Waals surface area contributed by atoms with Crippen LogP contribution in [0, 0.1) is 5.92 Å². The highest BCUT2D eigenvalue weighted by atomic mass is 16.5. The first-order valence-corrected chi connectivity index (χ1v) is 6.82. The zero-order chi connectivity index (χ0) is 15.1. The van der Waals surface area contributed by atoms with Crippen LogP contribution in [0.1, 0.15) is 26.3 Å². The van der Waals surface area contributed by atoms with Crippen LogP contribution in [0.3, 0.4) is 0 Å². The molecule has 0 radical (unpaired) electrons. The van der Waals surface area contributed by atoms with Crippen LogP contribution in [0.25, 0.3) is 0 Å². The number of amides is 1. The predicted molar refractivity (Wildman–Crippen MR) is 78.8 cm³/mol. The van der Waals surface area contributed by atoms with Crippen LogP contribution < -0.4 is 20.5 Å². The Bertz CT molecular complexity index is 447. The molecule has 0 aromatic heterocycles. The molecule has 0 spiro atoms. The maximum absolute atomic E-state index is 11.8. The van der Waals surface area contributed by atoms with Gasteiger partial charge in [0.05, 0.1) is 19.8 Å². The van der Waals surface area contributed by atoms with Crippen LogP contribution in [0.4, 0.5) is 0 Å². The van der Waals surface area contributed by atoms with Crippen LogP contribution in [0.15, 0.2) is 18.2 Å². The minimum absolute atomic E-state index is 0.116. The van der Waals surface area contributed by atoms with E-state index in [1.54, 1.807) is 7.11 Å². The third kappa shape index (κ3) is 4.42. The Hall–Kier alpha value is -1.75. The molecular weight excluding hydrogens is 256 g/mol. The van der Waals surface area contributed by atoms with Crippen LogP contribution in [0.5, 0.6) is 11.5 Å². The highest BCUT2D eigenvalue weighted by Gasteiger charge is 2.16. The third-order valence-corrected chi connectivity index (χ3v) is 3.02. The predicted octanol–water partition coefficient (Wildman–Crippen LogP) is 1.69. The van der Waals surface area contributed by atoms with Crippen LogP contribution in [-0.2, 0) is 11.3 Å². The van der Waals surface area contributed by atoms with Crippen molar-refractivity contribution in [3.63, 3.8) is 0 Å². The number of methoxy groups -OCH3 is 1. The molecule has 0 aliphatic rings. The third-order valence-electron chi connectivity index (χ3n) is 3.02. The van der Waals surface area contributed by atoms with Gasteiger partial charge < -0.3 is 20.5 Å². The molecule has 0 heterocycles. The van der Waals surface area contributed by atoms with Crippen molar-refractivity contribution in [1.29, 1.82) is 0 Å². The topological polar surface area (TPSA) is 73.6 Å². The number of hydrogen-bond donors (Lipinski definition) is 2. The Morgan fingerprint density at radius 3 is 2.60 bits per heavy atom. The van der Waals surface area contributed by atoms with Crippen molar-refractivity contribution in [3.05, 3.63) is 23.8 Å². The molecule has 5 nitrogen and oxygen atoms in total. The lowest BCUT2D eigenvalue weighted by Crippen LogP contribution is -2.43. The molecule has 0 aliphatic heterocycles. The van der Waals surface area contributed by atoms with Crippen molar-refractivity contribution in [3.8, 4) is 11.5 Å². The first-order chi connectivity index (χ1) is 9.49. The molecule has 0 fully saturated rings. The number of ether oxygens (including phenoxy) is 2. The average Bonchev–Trinajstić information content (AvgIpc) is 2.45. The van der Waals surface area contributed by atoms with Gasteiger partial charge in [0.2, 0.25) is 5.91 Å². The molecule has 0 saturated carbocycles. The summed E-state index contributed by atoms with van der Waals surface area (Å²) in [5.41, 5.74) is 6.73. The van der Waals surface area contributed by atoms with Gasteiger partial charge in [-0.15, -0.1) is 0 Å². The molecule has 1 aromatic carbocycles. The molecule has 3 N–H and O–H groups in total. The first-order valence-electron chi connectivity index (χ1n) is 6.82. The summed E-state index contributed by atoms with van der Waals surface area (Å²) < 4.78 is 10.7. The number of nitrogens with one attached hydrogen (secondary N) is 1. The Balaban J connectivity index is 2.67. The van der Waals surface area contributed by atoms with Gasteiger partial charge >= 0.3 is 0 Å². The quantitative estimate of drug-likeness (QED) is 0.797. The highest BCUT2D eigenvalue weighted by Crippen LogP contribution is 2.27. The normalized spacial score (nSPS) is 12.1. The fraction of sp³-hybridized carbons (Fsp3) is 0.533. The summed E-state index contributed by atoms with van der Waals surface area (Å²) >= 11 is 0. The molecular formula is C15H24N2O3. The second-order valence-electron chi connectivity index (χ2n) is 4.91. The summed E-state index contributed by atoms with van der Waals surface area (Å²) in [5, 5.41) is 2.82. The molecule has 0 unspecified atom stereocenters. The number of rotatable bonds is 7. The molecule has 1 amide bonds. The fourth-order valence-corrected chi connectivity index (χ4v) is 1.71. The minimum atomic E-state index is -0.486. The van der Waals surface area contributed by atoms with Gasteiger partial charge in [-0.3, -0.25) is 4.79 Å². The molecule has 112 valence electrons. The summed E-state index contributed by atoms with van der Waals surface area (Å²) in [6.45, 7) is 6.76. The van der Waals surface area contributed by atoms with Crippen LogP contribution in [-0.4, -0.2) is 25.7 Å². The van der Waals surface area contributed by atoms with Crippen molar-refractivity contribution in [1.82, 2.24) is 5.32 Å². The van der Waals surface area contributed by atoms with E-state index in [1.165, 1.54) is 0 Å². The Morgan fingerprint density at radius 1 is 1.35 bits per heavy atom. The van der Waals surface area contributed by atoms with E-state index >= 15 is 0 Å². The van der Waals surface area contributed by atoms with Gasteiger partial charge in [0.1, 0.15) is 0 Å². The van der Waals surface area contributed by atoms with E-state index in [0.29, 0.717) is 24.7 Å². The van der Waals surface area contributed by atoms with E-state index in [1.807, 2.05) is 39.0 Å². The number of nitrogens with two attached hydrogens (primary N) is 1. The molecule has 0 saturated heterocycles. The van der Waals surface area contributed by atoms with Crippen LogP contribution in [0.2, 0.25) is 0 Å². The van der Waals surface area contributed by atoms with E-state index in [4.69, 9.17) is 15.2 Å². The molecule has 20 heavy (non-hydrogen) atoms. The van der Waals surface area contributed by atoms with E-state index in [2.05, 4.69) is 5.32 Å². The number of carbonyl (C=O) groups is 1. The van der Waals surface area contributed by atoms with Crippen LogP contribution >= 0.6 is 0 Å². The maximum atomic E-state index is 11.8. The van der Waals surface area contributed by atoms with E-state index in [-0.39, 0.29) is 11.8 Å². The van der Waals surface area contributed by atoms with Gasteiger partial charge in [-0.1, -0.05) is 19.9 Å². The van der Waals surface area contributed by atoms with Gasteiger partial charge in [0.25, 0.3) is 0 Å². The van der Waals surface area contributed by atoms with E-state index in [9.17, 15) is 4.79 Å². The number of hydrogen-bond acceptors (Lipinski definition) is 4. The number of carbonyl (C=O) groups excluding carboxylic acids is 1. The second kappa shape index (κ2) is 7.75. The Morgan fingerprint density at radius 2 is 2.05 bits per heavy atom. The Labute approximate surface area is 120 Å². The SMILES string of the molecule is CCOc1ccc(CNC(=O)[C@@H](N)C(C)C)cc1OC. The lowest BCUT2D eigenvalue weighted by Gasteiger charge is -2.16. The minimum Gasteiger partial charge on any atom is -0.493 e. The van der Waals surface area contributed by atoms with Gasteiger partial charge in [0.15, 0.2) is 11.5 Å². The molecule has 5 heteroatoms. The van der Waals surface area contributed by atoms with Gasteiger partial charge in [-0.05, 0) is 30.5 Å². The van der Waals surface area contributed by atoms with Crippen molar-refractivity contribution >= 4 is 5.91 Å². The number of benzene rings is 1. The monoisotopic (exact) mass is 280 g/mol.